The standard InChI is InChI=1S/C28H32NO3/c1-5-27-15-28(27,6-2)29-14-19-24(32-16-26(19)11-7-8-12-26)18-10-9-17-13-20(30-3)25(31-4)22(27)21(17)23(18)29/h9-10,13-14H,5-8,11-12,15-16H2,1-4H3/q+1. The minimum absolute atomic E-state index is 0.0857. The fourth-order valence-electron chi connectivity index (χ4n) is 8.06. The van der Waals surface area contributed by atoms with Crippen LogP contribution >= 0.6 is 0 Å². The molecule has 2 aliphatic heterocycles. The Morgan fingerprint density at radius 2 is 1.88 bits per heavy atom. The number of ether oxygens (including phenoxy) is 3. The molecule has 0 saturated heterocycles. The number of methoxy groups -OCH3 is 2. The number of benzene rings is 2. The lowest BCUT2D eigenvalue weighted by Gasteiger charge is -2.30. The summed E-state index contributed by atoms with van der Waals surface area (Å²) in [5, 5.41) is 3.84. The molecule has 2 atom stereocenters. The number of fused-ring (bicyclic) bond motifs is 6. The van der Waals surface area contributed by atoms with Gasteiger partial charge in [0, 0.05) is 23.8 Å². The van der Waals surface area contributed by atoms with Gasteiger partial charge in [-0.25, -0.2) is 0 Å². The molecule has 4 heteroatoms. The van der Waals surface area contributed by atoms with Crippen LogP contribution in [0.2, 0.25) is 0 Å². The number of aromatic nitrogens is 1. The van der Waals surface area contributed by atoms with Crippen LogP contribution in [0.5, 0.6) is 17.2 Å². The maximum absolute atomic E-state index is 6.52. The third kappa shape index (κ3) is 1.84. The van der Waals surface area contributed by atoms with Crippen LogP contribution in [0.4, 0.5) is 0 Å². The van der Waals surface area contributed by atoms with Crippen molar-refractivity contribution < 1.29 is 18.8 Å². The maximum Gasteiger partial charge on any atom is 0.225 e. The molecule has 2 fully saturated rings. The Labute approximate surface area is 189 Å². The van der Waals surface area contributed by atoms with E-state index in [0.29, 0.717) is 0 Å². The average Bonchev–Trinajstić information content (AvgIpc) is 3.10. The molecule has 4 aliphatic rings. The second kappa shape index (κ2) is 5.89. The molecule has 2 aromatic carbocycles. The van der Waals surface area contributed by atoms with Gasteiger partial charge in [0.25, 0.3) is 0 Å². The van der Waals surface area contributed by atoms with Gasteiger partial charge in [0.2, 0.25) is 5.52 Å². The number of rotatable bonds is 4. The van der Waals surface area contributed by atoms with Crippen molar-refractivity contribution in [1.29, 1.82) is 0 Å². The van der Waals surface area contributed by atoms with E-state index in [1.54, 1.807) is 14.2 Å². The summed E-state index contributed by atoms with van der Waals surface area (Å²) in [5.74, 6) is 2.90. The Balaban J connectivity index is 1.69. The molecule has 0 bridgehead atoms. The van der Waals surface area contributed by atoms with E-state index in [-0.39, 0.29) is 16.4 Å². The molecule has 1 aromatic heterocycles. The summed E-state index contributed by atoms with van der Waals surface area (Å²) in [6.45, 7) is 5.56. The Hall–Kier alpha value is -2.49. The third-order valence-electron chi connectivity index (χ3n) is 9.72. The van der Waals surface area contributed by atoms with Gasteiger partial charge >= 0.3 is 0 Å². The normalized spacial score (nSPS) is 28.2. The summed E-state index contributed by atoms with van der Waals surface area (Å²) in [6.07, 6.45) is 11.0. The SMILES string of the molecule is CCC12CC1(CC)[n+]1cc3c(c4ccc5cc(OC)c(OC)c2c5c41)OCC31CCCC1. The molecule has 2 unspecified atom stereocenters. The van der Waals surface area contributed by atoms with Gasteiger partial charge in [-0.05, 0) is 36.8 Å². The Kier molecular flexibility index (Phi) is 3.50. The molecule has 7 rings (SSSR count). The summed E-state index contributed by atoms with van der Waals surface area (Å²) in [6, 6.07) is 6.71. The van der Waals surface area contributed by atoms with Crippen molar-refractivity contribution in [1.82, 2.24) is 0 Å². The van der Waals surface area contributed by atoms with Gasteiger partial charge < -0.3 is 14.2 Å². The number of nitrogens with zero attached hydrogens (tertiary/aromatic N) is 1. The Bertz CT molecular complexity index is 1320. The molecular weight excluding hydrogens is 398 g/mol. The van der Waals surface area contributed by atoms with Crippen molar-refractivity contribution in [2.45, 2.75) is 75.2 Å². The zero-order chi connectivity index (χ0) is 21.9. The molecule has 0 N–H and O–H groups in total. The first-order chi connectivity index (χ1) is 15.6. The summed E-state index contributed by atoms with van der Waals surface area (Å²) < 4.78 is 21.1. The van der Waals surface area contributed by atoms with E-state index in [4.69, 9.17) is 14.2 Å². The average molecular weight is 431 g/mol. The van der Waals surface area contributed by atoms with Gasteiger partial charge in [-0.1, -0.05) is 32.8 Å². The predicted octanol–water partition coefficient (Wildman–Crippen LogP) is 5.67. The summed E-state index contributed by atoms with van der Waals surface area (Å²) in [5.41, 5.74) is 4.56. The van der Waals surface area contributed by atoms with Gasteiger partial charge in [-0.2, -0.15) is 4.57 Å². The molecule has 3 heterocycles. The number of hydrogen-bond donors (Lipinski definition) is 0. The van der Waals surface area contributed by atoms with E-state index < -0.39 is 0 Å². The highest BCUT2D eigenvalue weighted by Crippen LogP contribution is 2.70. The summed E-state index contributed by atoms with van der Waals surface area (Å²) >= 11 is 0. The van der Waals surface area contributed by atoms with Crippen LogP contribution in [0.25, 0.3) is 21.7 Å². The lowest BCUT2D eigenvalue weighted by Crippen LogP contribution is -2.54. The molecule has 0 radical (unpaired) electrons. The van der Waals surface area contributed by atoms with Gasteiger partial charge in [0.05, 0.1) is 42.6 Å². The van der Waals surface area contributed by atoms with Crippen molar-refractivity contribution in [2.75, 3.05) is 20.8 Å². The lowest BCUT2D eigenvalue weighted by atomic mass is 9.77. The molecule has 166 valence electrons. The molecule has 3 aromatic rings. The smallest absolute Gasteiger partial charge is 0.225 e. The van der Waals surface area contributed by atoms with Gasteiger partial charge in [0.1, 0.15) is 5.75 Å². The van der Waals surface area contributed by atoms with Crippen molar-refractivity contribution in [3.8, 4) is 17.2 Å². The van der Waals surface area contributed by atoms with Crippen molar-refractivity contribution in [2.24, 2.45) is 0 Å². The van der Waals surface area contributed by atoms with Crippen molar-refractivity contribution in [3.05, 3.63) is 35.5 Å². The topological polar surface area (TPSA) is 31.6 Å². The lowest BCUT2D eigenvalue weighted by molar-refractivity contribution is -0.721. The molecule has 0 amide bonds. The van der Waals surface area contributed by atoms with Crippen LogP contribution in [0.1, 0.15) is 69.9 Å². The predicted molar refractivity (Wildman–Crippen MR) is 125 cm³/mol. The summed E-state index contributed by atoms with van der Waals surface area (Å²) in [4.78, 5) is 0. The molecule has 2 aliphatic carbocycles. The fraction of sp³-hybridized carbons (Fsp3) is 0.536. The highest BCUT2D eigenvalue weighted by atomic mass is 16.5. The minimum atomic E-state index is 0.0857. The second-order valence-corrected chi connectivity index (χ2v) is 10.6. The first kappa shape index (κ1) is 19.0. The molecule has 1 spiro atoms. The minimum Gasteiger partial charge on any atom is -0.493 e. The van der Waals surface area contributed by atoms with E-state index >= 15 is 0 Å². The Morgan fingerprint density at radius 1 is 1.06 bits per heavy atom. The highest BCUT2D eigenvalue weighted by molar-refractivity contribution is 6.10. The van der Waals surface area contributed by atoms with Crippen LogP contribution in [-0.4, -0.2) is 20.8 Å². The highest BCUT2D eigenvalue weighted by Gasteiger charge is 2.77. The van der Waals surface area contributed by atoms with Gasteiger partial charge in [-0.3, -0.25) is 0 Å². The van der Waals surface area contributed by atoms with E-state index in [1.165, 1.54) is 58.5 Å². The number of hydrogen-bond acceptors (Lipinski definition) is 3. The molecule has 2 saturated carbocycles. The third-order valence-corrected chi connectivity index (χ3v) is 9.72. The maximum atomic E-state index is 6.52. The number of pyridine rings is 1. The monoisotopic (exact) mass is 430 g/mol. The van der Waals surface area contributed by atoms with Gasteiger partial charge in [-0.15, -0.1) is 0 Å². The first-order valence-corrected chi connectivity index (χ1v) is 12.3. The Morgan fingerprint density at radius 3 is 2.56 bits per heavy atom. The van der Waals surface area contributed by atoms with Crippen LogP contribution < -0.4 is 18.8 Å². The van der Waals surface area contributed by atoms with E-state index in [1.807, 2.05) is 0 Å². The van der Waals surface area contributed by atoms with Crippen LogP contribution in [-0.2, 0) is 16.4 Å². The molecule has 32 heavy (non-hydrogen) atoms. The zero-order valence-corrected chi connectivity index (χ0v) is 19.6. The van der Waals surface area contributed by atoms with Crippen LogP contribution in [0, 0.1) is 0 Å². The largest absolute Gasteiger partial charge is 0.493 e. The van der Waals surface area contributed by atoms with Crippen LogP contribution in [0.15, 0.2) is 24.4 Å². The van der Waals surface area contributed by atoms with E-state index in [9.17, 15) is 0 Å². The second-order valence-electron chi connectivity index (χ2n) is 10.6. The quantitative estimate of drug-likeness (QED) is 0.395. The fourth-order valence-corrected chi connectivity index (χ4v) is 8.06. The van der Waals surface area contributed by atoms with Crippen molar-refractivity contribution >= 4 is 21.7 Å². The van der Waals surface area contributed by atoms with Crippen molar-refractivity contribution in [3.63, 3.8) is 0 Å². The van der Waals surface area contributed by atoms with Gasteiger partial charge in [0.15, 0.2) is 23.2 Å². The first-order valence-electron chi connectivity index (χ1n) is 12.3. The summed E-state index contributed by atoms with van der Waals surface area (Å²) in [7, 11) is 3.54. The van der Waals surface area contributed by atoms with Crippen LogP contribution in [0.3, 0.4) is 0 Å². The van der Waals surface area contributed by atoms with E-state index in [0.717, 1.165) is 43.1 Å². The molecular formula is C28H32NO3+. The molecule has 4 nitrogen and oxygen atoms in total. The van der Waals surface area contributed by atoms with E-state index in [2.05, 4.69) is 42.8 Å². The zero-order valence-electron chi connectivity index (χ0n) is 19.6.